The molecule has 7 nitrogen and oxygen atoms in total. The SMILES string of the molecule is COc1ccc(CN2CCN(CC(=O)c3ccccc3OC(=O)N3CCCCC3)CC2)cc1. The van der Waals surface area contributed by atoms with Crippen molar-refractivity contribution in [3.05, 3.63) is 59.7 Å². The lowest BCUT2D eigenvalue weighted by Crippen LogP contribution is -2.47. The number of nitrogens with zero attached hydrogens (tertiary/aromatic N) is 3. The number of likely N-dealkylation sites (tertiary alicyclic amines) is 1. The Morgan fingerprint density at radius 1 is 0.818 bits per heavy atom. The van der Waals surface area contributed by atoms with E-state index in [1.807, 2.05) is 18.2 Å². The minimum Gasteiger partial charge on any atom is -0.497 e. The van der Waals surface area contributed by atoms with Gasteiger partial charge in [0, 0.05) is 45.8 Å². The van der Waals surface area contributed by atoms with Gasteiger partial charge in [-0.15, -0.1) is 0 Å². The summed E-state index contributed by atoms with van der Waals surface area (Å²) in [6.07, 6.45) is 2.79. The molecule has 0 radical (unpaired) electrons. The Hall–Kier alpha value is -2.90. The first-order valence-corrected chi connectivity index (χ1v) is 11.8. The van der Waals surface area contributed by atoms with E-state index in [0.29, 0.717) is 17.9 Å². The molecule has 2 aromatic carbocycles. The molecule has 0 unspecified atom stereocenters. The summed E-state index contributed by atoms with van der Waals surface area (Å²) >= 11 is 0. The van der Waals surface area contributed by atoms with Crippen molar-refractivity contribution in [2.45, 2.75) is 25.8 Å². The van der Waals surface area contributed by atoms with Crippen molar-refractivity contribution in [1.29, 1.82) is 0 Å². The molecular formula is C26H33N3O4. The molecule has 0 spiro atoms. The van der Waals surface area contributed by atoms with Gasteiger partial charge in [0.05, 0.1) is 19.2 Å². The average Bonchev–Trinajstić information content (AvgIpc) is 2.86. The molecule has 176 valence electrons. The summed E-state index contributed by atoms with van der Waals surface area (Å²) in [5, 5.41) is 0. The Morgan fingerprint density at radius 2 is 1.48 bits per heavy atom. The van der Waals surface area contributed by atoms with Gasteiger partial charge < -0.3 is 14.4 Å². The van der Waals surface area contributed by atoms with Crippen molar-refractivity contribution in [3.8, 4) is 11.5 Å². The Labute approximate surface area is 195 Å². The van der Waals surface area contributed by atoms with E-state index in [9.17, 15) is 9.59 Å². The van der Waals surface area contributed by atoms with Gasteiger partial charge in [0.1, 0.15) is 11.5 Å². The zero-order chi connectivity index (χ0) is 23.0. The molecule has 2 saturated heterocycles. The third kappa shape index (κ3) is 6.33. The number of piperidine rings is 1. The third-order valence-corrected chi connectivity index (χ3v) is 6.40. The molecule has 0 aromatic heterocycles. The normalized spacial score (nSPS) is 17.5. The van der Waals surface area contributed by atoms with Crippen molar-refractivity contribution in [2.24, 2.45) is 0 Å². The number of ketones is 1. The summed E-state index contributed by atoms with van der Waals surface area (Å²) in [6.45, 7) is 6.13. The van der Waals surface area contributed by atoms with Gasteiger partial charge in [0.2, 0.25) is 0 Å². The molecule has 1 amide bonds. The smallest absolute Gasteiger partial charge is 0.415 e. The maximum absolute atomic E-state index is 13.1. The first-order valence-electron chi connectivity index (χ1n) is 11.8. The molecule has 0 N–H and O–H groups in total. The van der Waals surface area contributed by atoms with Crippen LogP contribution in [0.2, 0.25) is 0 Å². The predicted molar refractivity (Wildman–Crippen MR) is 127 cm³/mol. The molecule has 0 saturated carbocycles. The minimum atomic E-state index is -0.359. The first kappa shape index (κ1) is 23.3. The Kier molecular flexibility index (Phi) is 7.96. The number of Topliss-reactive ketones (excluding diaryl/α,β-unsaturated/α-hetero) is 1. The van der Waals surface area contributed by atoms with E-state index < -0.39 is 0 Å². The third-order valence-electron chi connectivity index (χ3n) is 6.40. The van der Waals surface area contributed by atoms with Crippen LogP contribution in [0.5, 0.6) is 11.5 Å². The fourth-order valence-corrected chi connectivity index (χ4v) is 4.40. The number of methoxy groups -OCH3 is 1. The van der Waals surface area contributed by atoms with Crippen LogP contribution in [0.25, 0.3) is 0 Å². The van der Waals surface area contributed by atoms with Gasteiger partial charge in [-0.1, -0.05) is 24.3 Å². The lowest BCUT2D eigenvalue weighted by atomic mass is 10.1. The number of para-hydroxylation sites is 1. The summed E-state index contributed by atoms with van der Waals surface area (Å²) in [5.74, 6) is 1.21. The molecule has 4 rings (SSSR count). The van der Waals surface area contributed by atoms with Gasteiger partial charge in [0.15, 0.2) is 5.78 Å². The standard InChI is InChI=1S/C26H33N3O4/c1-32-22-11-9-21(10-12-22)19-27-15-17-28(18-16-27)20-24(30)23-7-3-4-8-25(23)33-26(31)29-13-5-2-6-14-29/h3-4,7-12H,2,5-6,13-20H2,1H3. The second kappa shape index (κ2) is 11.3. The van der Waals surface area contributed by atoms with Gasteiger partial charge >= 0.3 is 6.09 Å². The van der Waals surface area contributed by atoms with Crippen LogP contribution in [-0.2, 0) is 6.54 Å². The van der Waals surface area contributed by atoms with Crippen molar-refractivity contribution in [3.63, 3.8) is 0 Å². The second-order valence-electron chi connectivity index (χ2n) is 8.74. The summed E-state index contributed by atoms with van der Waals surface area (Å²) < 4.78 is 10.9. The van der Waals surface area contributed by atoms with Crippen molar-refractivity contribution >= 4 is 11.9 Å². The van der Waals surface area contributed by atoms with Crippen LogP contribution in [0.1, 0.15) is 35.2 Å². The van der Waals surface area contributed by atoms with Crippen molar-refractivity contribution in [1.82, 2.24) is 14.7 Å². The van der Waals surface area contributed by atoms with Gasteiger partial charge in [-0.2, -0.15) is 0 Å². The van der Waals surface area contributed by atoms with E-state index in [2.05, 4.69) is 21.9 Å². The lowest BCUT2D eigenvalue weighted by molar-refractivity contribution is 0.0840. The number of rotatable bonds is 7. The largest absolute Gasteiger partial charge is 0.497 e. The highest BCUT2D eigenvalue weighted by atomic mass is 16.6. The molecule has 2 aromatic rings. The van der Waals surface area contributed by atoms with E-state index in [-0.39, 0.29) is 11.9 Å². The number of hydrogen-bond donors (Lipinski definition) is 0. The van der Waals surface area contributed by atoms with Crippen LogP contribution in [0.4, 0.5) is 4.79 Å². The van der Waals surface area contributed by atoms with E-state index in [1.54, 1.807) is 30.2 Å². The van der Waals surface area contributed by atoms with Gasteiger partial charge in [-0.3, -0.25) is 14.6 Å². The average molecular weight is 452 g/mol. The highest BCUT2D eigenvalue weighted by Crippen LogP contribution is 2.21. The quantitative estimate of drug-likeness (QED) is 0.599. The summed E-state index contributed by atoms with van der Waals surface area (Å²) in [5.41, 5.74) is 1.73. The van der Waals surface area contributed by atoms with Crippen LogP contribution in [0.15, 0.2) is 48.5 Å². The molecule has 2 aliphatic heterocycles. The number of carbonyl (C=O) groups is 2. The molecule has 0 bridgehead atoms. The molecule has 2 aliphatic rings. The van der Waals surface area contributed by atoms with Crippen LogP contribution in [0.3, 0.4) is 0 Å². The predicted octanol–water partition coefficient (Wildman–Crippen LogP) is 3.68. The lowest BCUT2D eigenvalue weighted by Gasteiger charge is -2.34. The maximum Gasteiger partial charge on any atom is 0.415 e. The molecular weight excluding hydrogens is 418 g/mol. The Morgan fingerprint density at radius 3 is 2.18 bits per heavy atom. The number of carbonyl (C=O) groups excluding carboxylic acids is 2. The fourth-order valence-electron chi connectivity index (χ4n) is 4.40. The van der Waals surface area contributed by atoms with Crippen molar-refractivity contribution < 1.29 is 19.1 Å². The summed E-state index contributed by atoms with van der Waals surface area (Å²) in [6, 6.07) is 15.2. The van der Waals surface area contributed by atoms with E-state index in [1.165, 1.54) is 5.56 Å². The molecule has 0 aliphatic carbocycles. The molecule has 2 heterocycles. The highest BCUT2D eigenvalue weighted by molar-refractivity contribution is 6.00. The van der Waals surface area contributed by atoms with Gasteiger partial charge in [-0.05, 0) is 49.1 Å². The molecule has 0 atom stereocenters. The summed E-state index contributed by atoms with van der Waals surface area (Å²) in [4.78, 5) is 31.9. The second-order valence-corrected chi connectivity index (χ2v) is 8.74. The zero-order valence-corrected chi connectivity index (χ0v) is 19.4. The van der Waals surface area contributed by atoms with Crippen LogP contribution in [0, 0.1) is 0 Å². The van der Waals surface area contributed by atoms with E-state index in [4.69, 9.17) is 9.47 Å². The number of hydrogen-bond acceptors (Lipinski definition) is 6. The molecule has 7 heteroatoms. The number of ether oxygens (including phenoxy) is 2. The number of benzene rings is 2. The molecule has 33 heavy (non-hydrogen) atoms. The van der Waals surface area contributed by atoms with Gasteiger partial charge in [-0.25, -0.2) is 4.79 Å². The topological polar surface area (TPSA) is 62.3 Å². The van der Waals surface area contributed by atoms with E-state index >= 15 is 0 Å². The first-order chi connectivity index (χ1) is 16.1. The molecule has 2 fully saturated rings. The van der Waals surface area contributed by atoms with Crippen LogP contribution >= 0.6 is 0 Å². The van der Waals surface area contributed by atoms with E-state index in [0.717, 1.165) is 70.8 Å². The van der Waals surface area contributed by atoms with Crippen LogP contribution in [-0.4, -0.2) is 79.5 Å². The monoisotopic (exact) mass is 451 g/mol. The highest BCUT2D eigenvalue weighted by Gasteiger charge is 2.24. The number of amides is 1. The Balaban J connectivity index is 1.28. The minimum absolute atomic E-state index is 0.0133. The van der Waals surface area contributed by atoms with Gasteiger partial charge in [0.25, 0.3) is 0 Å². The van der Waals surface area contributed by atoms with Crippen LogP contribution < -0.4 is 9.47 Å². The number of piperazine rings is 1. The maximum atomic E-state index is 13.1. The fraction of sp³-hybridized carbons (Fsp3) is 0.462. The Bertz CT molecular complexity index is 933. The van der Waals surface area contributed by atoms with Crippen molar-refractivity contribution in [2.75, 3.05) is 52.9 Å². The zero-order valence-electron chi connectivity index (χ0n) is 19.4. The summed E-state index contributed by atoms with van der Waals surface area (Å²) in [7, 11) is 1.67.